The van der Waals surface area contributed by atoms with Gasteiger partial charge in [-0.05, 0) is 97.7 Å². The molecule has 0 saturated carbocycles. The van der Waals surface area contributed by atoms with Gasteiger partial charge in [0, 0.05) is 0 Å². The quantitative estimate of drug-likeness (QED) is 0.229. The van der Waals surface area contributed by atoms with Gasteiger partial charge in [0.05, 0.1) is 0 Å². The van der Waals surface area contributed by atoms with Gasteiger partial charge in [-0.25, -0.2) is 0 Å². The average Bonchev–Trinajstić information content (AvgIpc) is 2.90. The van der Waals surface area contributed by atoms with Crippen LogP contribution in [0.4, 0.5) is 0 Å². The normalized spacial score (nSPS) is 10.9. The molecule has 0 amide bonds. The molecular weight excluding hydrogens is 456 g/mol. The molecule has 3 rings (SSSR count). The maximum absolute atomic E-state index is 3.83. The molecule has 0 atom stereocenters. The van der Waals surface area contributed by atoms with E-state index in [2.05, 4.69) is 114 Å². The van der Waals surface area contributed by atoms with Crippen LogP contribution in [0.3, 0.4) is 0 Å². The monoisotopic (exact) mass is 508 g/mol. The molecule has 0 unspecified atom stereocenters. The summed E-state index contributed by atoms with van der Waals surface area (Å²) in [4.78, 5) is 0. The van der Waals surface area contributed by atoms with Crippen molar-refractivity contribution in [2.24, 2.45) is 0 Å². The Kier molecular flexibility index (Phi) is 18.7. The summed E-state index contributed by atoms with van der Waals surface area (Å²) in [5.74, 6) is 0. The van der Waals surface area contributed by atoms with Crippen LogP contribution in [-0.4, -0.2) is 0 Å². The largest absolute Gasteiger partial charge is 0.0990 e. The third-order valence-electron chi connectivity index (χ3n) is 6.01. The number of hydrogen-bond donors (Lipinski definition) is 0. The first-order valence-corrected chi connectivity index (χ1v) is 12.8. The van der Waals surface area contributed by atoms with Crippen molar-refractivity contribution < 1.29 is 0 Å². The highest BCUT2D eigenvalue weighted by atomic mass is 14.1. The van der Waals surface area contributed by atoms with Crippen molar-refractivity contribution in [1.29, 1.82) is 0 Å². The number of allylic oxidation sites excluding steroid dienone is 8. The van der Waals surface area contributed by atoms with E-state index in [4.69, 9.17) is 0 Å². The lowest BCUT2D eigenvalue weighted by atomic mass is 9.91. The van der Waals surface area contributed by atoms with E-state index in [1.54, 1.807) is 6.08 Å². The third-order valence-corrected chi connectivity index (χ3v) is 6.01. The topological polar surface area (TPSA) is 0 Å². The van der Waals surface area contributed by atoms with E-state index in [0.717, 1.165) is 11.1 Å². The second-order valence-corrected chi connectivity index (χ2v) is 8.60. The Morgan fingerprint density at radius 2 is 1.21 bits per heavy atom. The summed E-state index contributed by atoms with van der Waals surface area (Å²) in [5.41, 5.74) is 12.7. The Bertz CT molecular complexity index is 1210. The Labute approximate surface area is 235 Å². The summed E-state index contributed by atoms with van der Waals surface area (Å²) in [5, 5.41) is 0. The molecule has 0 fully saturated rings. The zero-order chi connectivity index (χ0) is 27.1. The van der Waals surface area contributed by atoms with Crippen molar-refractivity contribution in [2.75, 3.05) is 0 Å². The molecule has 0 aliphatic heterocycles. The fraction of sp³-hybridized carbons (Fsp3) is 0.263. The van der Waals surface area contributed by atoms with Crippen LogP contribution in [0.25, 0.3) is 22.3 Å². The first-order valence-electron chi connectivity index (χ1n) is 12.8. The Hall–Kier alpha value is -3.64. The van der Waals surface area contributed by atoms with E-state index in [-0.39, 0.29) is 14.9 Å². The van der Waals surface area contributed by atoms with E-state index >= 15 is 0 Å². The van der Waals surface area contributed by atoms with E-state index < -0.39 is 0 Å². The summed E-state index contributed by atoms with van der Waals surface area (Å²) in [6, 6.07) is 26.0. The van der Waals surface area contributed by atoms with Gasteiger partial charge in [-0.1, -0.05) is 138 Å². The molecule has 0 nitrogen and oxygen atoms in total. The molecule has 0 aliphatic rings. The number of hydrogen-bond acceptors (Lipinski definition) is 0. The molecule has 0 N–H and O–H groups in total. The molecular formula is C38H52. The summed E-state index contributed by atoms with van der Waals surface area (Å²) in [6.07, 6.45) is 7.72. The summed E-state index contributed by atoms with van der Waals surface area (Å²) < 4.78 is 0. The van der Waals surface area contributed by atoms with Crippen LogP contribution >= 0.6 is 0 Å². The van der Waals surface area contributed by atoms with Gasteiger partial charge in [0.25, 0.3) is 0 Å². The molecule has 0 bridgehead atoms. The summed E-state index contributed by atoms with van der Waals surface area (Å²) in [7, 11) is 0. The maximum Gasteiger partial charge on any atom is -0.0146 e. The Morgan fingerprint density at radius 3 is 1.74 bits per heavy atom. The summed E-state index contributed by atoms with van der Waals surface area (Å²) in [6.45, 7) is 24.2. The van der Waals surface area contributed by atoms with Gasteiger partial charge in [0.2, 0.25) is 0 Å². The lowest BCUT2D eigenvalue weighted by molar-refractivity contribution is 1.39. The second-order valence-electron chi connectivity index (χ2n) is 8.60. The smallest absolute Gasteiger partial charge is 0.0146 e. The Morgan fingerprint density at radius 1 is 0.684 bits per heavy atom. The second kappa shape index (κ2) is 19.5. The molecule has 0 saturated heterocycles. The standard InChI is InChI=1S/C24H24.C10H14.C2H6.2CH4/c1-17-10-8-9-13-23(17)24-16-22(15-14-18(24)2)20(4)19(3)21-11-6-5-7-12-21;1-5-7-10(8-6-2)9(3)4;1-2;;/h5-16H,1-4H3;5-8H,1,3H2,2,4H3;1-2H3;2*1H4/b20-19-;8-6-,10-7+;;;. The first-order chi connectivity index (χ1) is 17.3. The number of benzene rings is 3. The maximum atomic E-state index is 3.83. The fourth-order valence-electron chi connectivity index (χ4n) is 3.79. The van der Waals surface area contributed by atoms with Crippen LogP contribution < -0.4 is 0 Å². The van der Waals surface area contributed by atoms with Crippen LogP contribution in [-0.2, 0) is 0 Å². The Balaban J connectivity index is 0. The van der Waals surface area contributed by atoms with E-state index in [0.29, 0.717) is 0 Å². The lowest BCUT2D eigenvalue weighted by Gasteiger charge is -2.14. The van der Waals surface area contributed by atoms with Crippen LogP contribution in [0.1, 0.15) is 78.6 Å². The van der Waals surface area contributed by atoms with Gasteiger partial charge in [0.1, 0.15) is 0 Å². The highest BCUT2D eigenvalue weighted by Crippen LogP contribution is 2.32. The minimum atomic E-state index is 0. The van der Waals surface area contributed by atoms with Crippen LogP contribution in [0.5, 0.6) is 0 Å². The molecule has 0 heteroatoms. The van der Waals surface area contributed by atoms with Crippen molar-refractivity contribution in [2.45, 2.75) is 70.2 Å². The van der Waals surface area contributed by atoms with Crippen LogP contribution in [0.2, 0.25) is 0 Å². The van der Waals surface area contributed by atoms with Crippen LogP contribution in [0, 0.1) is 13.8 Å². The molecule has 3 aromatic carbocycles. The molecule has 38 heavy (non-hydrogen) atoms. The number of aryl methyl sites for hydroxylation is 2. The molecule has 0 aromatic heterocycles. The minimum absolute atomic E-state index is 0. The molecule has 0 spiro atoms. The molecule has 0 heterocycles. The molecule has 3 aromatic rings. The molecule has 204 valence electrons. The molecule has 0 aliphatic carbocycles. The predicted octanol–water partition coefficient (Wildman–Crippen LogP) is 12.5. The van der Waals surface area contributed by atoms with Gasteiger partial charge >= 0.3 is 0 Å². The minimum Gasteiger partial charge on any atom is -0.0990 e. The highest BCUT2D eigenvalue weighted by Gasteiger charge is 2.09. The summed E-state index contributed by atoms with van der Waals surface area (Å²) >= 11 is 0. The zero-order valence-electron chi connectivity index (χ0n) is 23.7. The van der Waals surface area contributed by atoms with Crippen molar-refractivity contribution in [3.63, 3.8) is 0 Å². The van der Waals surface area contributed by atoms with Gasteiger partial charge in [0.15, 0.2) is 0 Å². The van der Waals surface area contributed by atoms with Gasteiger partial charge in [-0.3, -0.25) is 0 Å². The fourth-order valence-corrected chi connectivity index (χ4v) is 3.79. The third kappa shape index (κ3) is 10.8. The van der Waals surface area contributed by atoms with Gasteiger partial charge < -0.3 is 0 Å². The first kappa shape index (κ1) is 36.5. The van der Waals surface area contributed by atoms with Gasteiger partial charge in [-0.15, -0.1) is 0 Å². The van der Waals surface area contributed by atoms with Gasteiger partial charge in [-0.2, -0.15) is 0 Å². The molecule has 0 radical (unpaired) electrons. The van der Waals surface area contributed by atoms with E-state index in [1.807, 2.05) is 45.9 Å². The highest BCUT2D eigenvalue weighted by molar-refractivity contribution is 5.90. The van der Waals surface area contributed by atoms with Crippen molar-refractivity contribution in [3.8, 4) is 11.1 Å². The van der Waals surface area contributed by atoms with Crippen molar-refractivity contribution in [3.05, 3.63) is 144 Å². The SMILES string of the molecule is C.C.C/C(=C(\C)c1ccc(C)c(-c2ccccc2C)c1)c1ccccc1.C=C/C=C(\C=C/C)C(=C)C.CC. The van der Waals surface area contributed by atoms with Crippen molar-refractivity contribution >= 4 is 11.1 Å². The average molecular weight is 509 g/mol. The lowest BCUT2D eigenvalue weighted by Crippen LogP contribution is -1.91. The van der Waals surface area contributed by atoms with Crippen molar-refractivity contribution in [1.82, 2.24) is 0 Å². The van der Waals surface area contributed by atoms with Crippen LogP contribution in [0.15, 0.2) is 121 Å². The zero-order valence-corrected chi connectivity index (χ0v) is 23.7. The number of rotatable bonds is 6. The van der Waals surface area contributed by atoms with E-state index in [9.17, 15) is 0 Å². The van der Waals surface area contributed by atoms with E-state index in [1.165, 1.54) is 44.5 Å². The predicted molar refractivity (Wildman–Crippen MR) is 179 cm³/mol.